The summed E-state index contributed by atoms with van der Waals surface area (Å²) in [6.07, 6.45) is 1.75. The molecule has 0 saturated heterocycles. The van der Waals surface area contributed by atoms with Crippen LogP contribution in [0.5, 0.6) is 0 Å². The fraction of sp³-hybridized carbons (Fsp3) is 0.0625. The molecule has 0 aliphatic carbocycles. The molecule has 2 aromatic carbocycles. The maximum absolute atomic E-state index is 10.8. The molecule has 0 unspecified atom stereocenters. The van der Waals surface area contributed by atoms with Crippen LogP contribution in [0.3, 0.4) is 0 Å². The molecule has 90 valence electrons. The first kappa shape index (κ1) is 15.7. The minimum absolute atomic E-state index is 0. The molecule has 0 saturated carbocycles. The molecule has 0 atom stereocenters. The zero-order chi connectivity index (χ0) is 12.8. The Morgan fingerprint density at radius 1 is 0.947 bits per heavy atom. The summed E-state index contributed by atoms with van der Waals surface area (Å²) in [6, 6.07) is 19.3. The van der Waals surface area contributed by atoms with E-state index in [1.54, 1.807) is 0 Å². The number of hydrogen-bond acceptors (Lipinski definition) is 2. The van der Waals surface area contributed by atoms with Crippen LogP contribution >= 0.6 is 0 Å². The van der Waals surface area contributed by atoms with Gasteiger partial charge in [-0.05, 0) is 29.2 Å². The molecule has 0 amide bonds. The van der Waals surface area contributed by atoms with E-state index in [0.29, 0.717) is 6.42 Å². The summed E-state index contributed by atoms with van der Waals surface area (Å²) in [4.78, 5) is 10.8. The Labute approximate surface area is 135 Å². The molecular weight excluding hydrogens is 247 g/mol. The van der Waals surface area contributed by atoms with Crippen LogP contribution in [0.4, 0.5) is 0 Å². The van der Waals surface area contributed by atoms with Crippen molar-refractivity contribution in [3.63, 3.8) is 0 Å². The molecule has 0 aromatic heterocycles. The van der Waals surface area contributed by atoms with E-state index in [1.165, 1.54) is 6.08 Å². The molecule has 2 rings (SSSR count). The summed E-state index contributed by atoms with van der Waals surface area (Å²) in [7, 11) is 0. The van der Waals surface area contributed by atoms with Gasteiger partial charge in [-0.3, -0.25) is 0 Å². The maximum Gasteiger partial charge on any atom is 1.00 e. The third-order valence-electron chi connectivity index (χ3n) is 2.67. The monoisotopic (exact) mass is 260 g/mol. The average molecular weight is 260 g/mol. The van der Waals surface area contributed by atoms with Crippen molar-refractivity contribution in [1.29, 1.82) is 0 Å². The number of carbonyl (C=O) groups excluding carboxylic acids is 1. The Morgan fingerprint density at radius 2 is 1.47 bits per heavy atom. The maximum atomic E-state index is 10.8. The number of rotatable bonds is 4. The number of benzene rings is 2. The van der Waals surface area contributed by atoms with Gasteiger partial charge < -0.3 is 9.90 Å². The molecule has 2 aromatic rings. The number of hydrogen-bond donors (Lipinski definition) is 0. The number of carbonyl (C=O) groups is 1. The van der Waals surface area contributed by atoms with Crippen molar-refractivity contribution in [2.24, 2.45) is 0 Å². The van der Waals surface area contributed by atoms with Crippen LogP contribution in [0.25, 0.3) is 5.57 Å². The van der Waals surface area contributed by atoms with Gasteiger partial charge in [-0.25, -0.2) is 0 Å². The summed E-state index contributed by atoms with van der Waals surface area (Å²) < 4.78 is 0. The minimum Gasteiger partial charge on any atom is -0.545 e. The van der Waals surface area contributed by atoms with Crippen LogP contribution in [-0.2, 0) is 11.2 Å². The molecule has 3 heteroatoms. The van der Waals surface area contributed by atoms with Gasteiger partial charge in [0.1, 0.15) is 0 Å². The molecule has 0 aliphatic rings. The fourth-order valence-corrected chi connectivity index (χ4v) is 1.85. The smallest absolute Gasteiger partial charge is 0.545 e. The Hall–Kier alpha value is -1.35. The van der Waals surface area contributed by atoms with Crippen LogP contribution < -0.4 is 34.7 Å². The van der Waals surface area contributed by atoms with E-state index < -0.39 is 5.97 Å². The topological polar surface area (TPSA) is 40.1 Å². The Kier molecular flexibility index (Phi) is 6.57. The van der Waals surface area contributed by atoms with Crippen molar-refractivity contribution in [2.75, 3.05) is 0 Å². The largest absolute Gasteiger partial charge is 1.00 e. The standard InChI is InChI=1S/C16H14O2.Na/c17-16(18)12-15(14-9-5-2-6-10-14)11-13-7-3-1-4-8-13;/h1-10,12H,11H2,(H,17,18);/q;+1/p-1. The first-order valence-electron chi connectivity index (χ1n) is 5.76. The number of carboxylic acids is 1. The second kappa shape index (κ2) is 7.95. The van der Waals surface area contributed by atoms with Crippen molar-refractivity contribution in [3.8, 4) is 0 Å². The zero-order valence-corrected chi connectivity index (χ0v) is 12.9. The van der Waals surface area contributed by atoms with Gasteiger partial charge in [-0.2, -0.15) is 0 Å². The van der Waals surface area contributed by atoms with E-state index in [2.05, 4.69) is 0 Å². The van der Waals surface area contributed by atoms with E-state index in [9.17, 15) is 9.90 Å². The third kappa shape index (κ3) is 5.03. The van der Waals surface area contributed by atoms with Gasteiger partial charge in [0.05, 0.1) is 5.97 Å². The zero-order valence-electron chi connectivity index (χ0n) is 10.9. The van der Waals surface area contributed by atoms with Crippen molar-refractivity contribution in [2.45, 2.75) is 6.42 Å². The molecule has 0 radical (unpaired) electrons. The SMILES string of the molecule is O=C([O-])C=C(Cc1ccccc1)c1ccccc1.[Na+]. The van der Waals surface area contributed by atoms with Crippen molar-refractivity contribution >= 4 is 11.5 Å². The van der Waals surface area contributed by atoms with Gasteiger partial charge in [-0.1, -0.05) is 60.7 Å². The predicted octanol–water partition coefficient (Wildman–Crippen LogP) is -0.933. The van der Waals surface area contributed by atoms with E-state index in [1.807, 2.05) is 60.7 Å². The molecule has 2 nitrogen and oxygen atoms in total. The Balaban J connectivity index is 0.00000180. The van der Waals surface area contributed by atoms with E-state index in [-0.39, 0.29) is 29.6 Å². The molecule has 0 heterocycles. The van der Waals surface area contributed by atoms with Crippen LogP contribution in [0, 0.1) is 0 Å². The molecule has 0 N–H and O–H groups in total. The van der Waals surface area contributed by atoms with Gasteiger partial charge in [0, 0.05) is 0 Å². The predicted molar refractivity (Wildman–Crippen MR) is 69.6 cm³/mol. The molecular formula is C16H13NaO2. The van der Waals surface area contributed by atoms with Crippen LogP contribution in [-0.4, -0.2) is 5.97 Å². The summed E-state index contributed by atoms with van der Waals surface area (Å²) >= 11 is 0. The normalized spacial score (nSPS) is 10.6. The van der Waals surface area contributed by atoms with Gasteiger partial charge in [-0.15, -0.1) is 0 Å². The number of allylic oxidation sites excluding steroid dienone is 1. The van der Waals surface area contributed by atoms with Gasteiger partial charge in [0.2, 0.25) is 0 Å². The molecule has 0 fully saturated rings. The number of carboxylic acid groups (broad SMARTS) is 1. The third-order valence-corrected chi connectivity index (χ3v) is 2.67. The first-order chi connectivity index (χ1) is 8.75. The number of aliphatic carboxylic acids is 1. The van der Waals surface area contributed by atoms with E-state index in [4.69, 9.17) is 0 Å². The van der Waals surface area contributed by atoms with Crippen LogP contribution in [0.1, 0.15) is 11.1 Å². The Morgan fingerprint density at radius 3 is 2.00 bits per heavy atom. The summed E-state index contributed by atoms with van der Waals surface area (Å²) in [5, 5.41) is 10.8. The second-order valence-electron chi connectivity index (χ2n) is 4.02. The van der Waals surface area contributed by atoms with Gasteiger partial charge >= 0.3 is 29.6 Å². The molecule has 0 bridgehead atoms. The quantitative estimate of drug-likeness (QED) is 0.526. The van der Waals surface area contributed by atoms with Crippen LogP contribution in [0.15, 0.2) is 66.7 Å². The molecule has 0 spiro atoms. The minimum atomic E-state index is -1.16. The fourth-order valence-electron chi connectivity index (χ4n) is 1.85. The van der Waals surface area contributed by atoms with Crippen molar-refractivity contribution in [1.82, 2.24) is 0 Å². The molecule has 0 aliphatic heterocycles. The van der Waals surface area contributed by atoms with Gasteiger partial charge in [0.25, 0.3) is 0 Å². The first-order valence-corrected chi connectivity index (χ1v) is 5.76. The average Bonchev–Trinajstić information content (AvgIpc) is 2.40. The van der Waals surface area contributed by atoms with Crippen LogP contribution in [0.2, 0.25) is 0 Å². The van der Waals surface area contributed by atoms with Crippen molar-refractivity contribution < 1.29 is 39.5 Å². The van der Waals surface area contributed by atoms with E-state index in [0.717, 1.165) is 16.7 Å². The Bertz CT molecular complexity index is 547. The van der Waals surface area contributed by atoms with E-state index >= 15 is 0 Å². The molecule has 19 heavy (non-hydrogen) atoms. The summed E-state index contributed by atoms with van der Waals surface area (Å²) in [5.74, 6) is -1.16. The van der Waals surface area contributed by atoms with Gasteiger partial charge in [0.15, 0.2) is 0 Å². The summed E-state index contributed by atoms with van der Waals surface area (Å²) in [5.41, 5.74) is 2.74. The second-order valence-corrected chi connectivity index (χ2v) is 4.02. The summed E-state index contributed by atoms with van der Waals surface area (Å²) in [6.45, 7) is 0. The van der Waals surface area contributed by atoms with Crippen molar-refractivity contribution in [3.05, 3.63) is 77.9 Å².